The third-order valence-electron chi connectivity index (χ3n) is 2.43. The van der Waals surface area contributed by atoms with E-state index >= 15 is 0 Å². The number of anilines is 3. The predicted molar refractivity (Wildman–Crippen MR) is 79.2 cm³/mol. The van der Waals surface area contributed by atoms with Crippen LogP contribution in [0.25, 0.3) is 0 Å². The molecule has 0 fully saturated rings. The summed E-state index contributed by atoms with van der Waals surface area (Å²) in [5, 5.41) is 6.92. The van der Waals surface area contributed by atoms with Crippen LogP contribution in [0, 0.1) is 0 Å². The van der Waals surface area contributed by atoms with E-state index in [1.54, 1.807) is 35.7 Å². The highest BCUT2D eigenvalue weighted by Crippen LogP contribution is 2.23. The van der Waals surface area contributed by atoms with Gasteiger partial charge < -0.3 is 21.1 Å². The van der Waals surface area contributed by atoms with Gasteiger partial charge in [0.05, 0.1) is 12.8 Å². The van der Waals surface area contributed by atoms with E-state index in [0.29, 0.717) is 21.9 Å². The summed E-state index contributed by atoms with van der Waals surface area (Å²) in [6, 6.07) is 7.97. The van der Waals surface area contributed by atoms with Gasteiger partial charge in [0.2, 0.25) is 0 Å². The molecule has 0 bridgehead atoms. The van der Waals surface area contributed by atoms with E-state index in [1.807, 2.05) is 0 Å². The number of methoxy groups -OCH3 is 1. The Morgan fingerprint density at radius 2 is 2.05 bits per heavy atom. The minimum absolute atomic E-state index is 0.343. The fraction of sp³-hybridized carbons (Fsp3) is 0.0769. The van der Waals surface area contributed by atoms with Gasteiger partial charge in [-0.05, 0) is 29.6 Å². The molecule has 2 rings (SSSR count). The minimum atomic E-state index is -0.487. The van der Waals surface area contributed by atoms with E-state index in [0.717, 1.165) is 0 Å². The Morgan fingerprint density at radius 3 is 2.75 bits per heavy atom. The maximum atomic E-state index is 11.8. The quantitative estimate of drug-likeness (QED) is 0.598. The second-order valence-corrected chi connectivity index (χ2v) is 4.78. The van der Waals surface area contributed by atoms with Crippen LogP contribution in [0.15, 0.2) is 35.7 Å². The van der Waals surface area contributed by atoms with Crippen LogP contribution in [0.4, 0.5) is 21.9 Å². The molecule has 1 heterocycles. The maximum Gasteiger partial charge on any atom is 0.350 e. The van der Waals surface area contributed by atoms with Gasteiger partial charge in [0.25, 0.3) is 0 Å². The molecule has 0 spiro atoms. The summed E-state index contributed by atoms with van der Waals surface area (Å²) in [7, 11) is 1.29. The summed E-state index contributed by atoms with van der Waals surface area (Å²) in [4.78, 5) is 23.7. The number of nitrogens with one attached hydrogen (secondary N) is 2. The Bertz CT molecular complexity index is 639. The summed E-state index contributed by atoms with van der Waals surface area (Å²) < 4.78 is 4.63. The average Bonchev–Trinajstić information content (AvgIpc) is 2.85. The topological polar surface area (TPSA) is 93.4 Å². The third-order valence-corrected chi connectivity index (χ3v) is 3.32. The molecule has 6 nitrogen and oxygen atoms in total. The Kier molecular flexibility index (Phi) is 4.21. The van der Waals surface area contributed by atoms with Crippen molar-refractivity contribution < 1.29 is 14.3 Å². The molecule has 1 aromatic carbocycles. The molecule has 2 amide bonds. The minimum Gasteiger partial charge on any atom is -0.465 e. The second-order valence-electron chi connectivity index (χ2n) is 3.86. The molecule has 0 aliphatic rings. The summed E-state index contributed by atoms with van der Waals surface area (Å²) in [5.74, 6) is -0.487. The van der Waals surface area contributed by atoms with Crippen molar-refractivity contribution in [3.05, 3.63) is 40.6 Å². The number of benzene rings is 1. The van der Waals surface area contributed by atoms with Crippen LogP contribution in [0.3, 0.4) is 0 Å². The lowest BCUT2D eigenvalue weighted by Crippen LogP contribution is -2.20. The molecule has 0 saturated heterocycles. The monoisotopic (exact) mass is 291 g/mol. The van der Waals surface area contributed by atoms with Gasteiger partial charge >= 0.3 is 12.0 Å². The van der Waals surface area contributed by atoms with Crippen molar-refractivity contribution in [2.45, 2.75) is 0 Å². The number of ether oxygens (including phenoxy) is 1. The zero-order chi connectivity index (χ0) is 14.5. The smallest absolute Gasteiger partial charge is 0.350 e. The van der Waals surface area contributed by atoms with Crippen LogP contribution in [0.2, 0.25) is 0 Å². The molecule has 0 aliphatic carbocycles. The van der Waals surface area contributed by atoms with Crippen LogP contribution < -0.4 is 16.4 Å². The molecular weight excluding hydrogens is 278 g/mol. The van der Waals surface area contributed by atoms with Crippen molar-refractivity contribution in [3.8, 4) is 0 Å². The number of hydrogen-bond acceptors (Lipinski definition) is 5. The molecule has 7 heteroatoms. The van der Waals surface area contributed by atoms with Crippen molar-refractivity contribution in [2.24, 2.45) is 0 Å². The standard InChI is InChI=1S/C13H13N3O3S/c1-19-12(17)11-10(5-6-20-11)16-13(18)15-9-4-2-3-8(14)7-9/h2-7H,14H2,1H3,(H2,15,16,18). The molecule has 0 saturated carbocycles. The van der Waals surface area contributed by atoms with Crippen LogP contribution in [0.5, 0.6) is 0 Å². The fourth-order valence-electron chi connectivity index (χ4n) is 1.56. The molecule has 2 aromatic rings. The van der Waals surface area contributed by atoms with Crippen LogP contribution in [0.1, 0.15) is 9.67 Å². The van der Waals surface area contributed by atoms with E-state index in [9.17, 15) is 9.59 Å². The van der Waals surface area contributed by atoms with E-state index in [-0.39, 0.29) is 0 Å². The first-order chi connectivity index (χ1) is 9.60. The Hall–Kier alpha value is -2.54. The van der Waals surface area contributed by atoms with Crippen molar-refractivity contribution in [1.82, 2.24) is 0 Å². The van der Waals surface area contributed by atoms with Gasteiger partial charge in [-0.25, -0.2) is 9.59 Å². The van der Waals surface area contributed by atoms with Gasteiger partial charge in [-0.1, -0.05) is 6.07 Å². The van der Waals surface area contributed by atoms with E-state index in [2.05, 4.69) is 15.4 Å². The first-order valence-corrected chi connectivity index (χ1v) is 6.57. The molecule has 0 radical (unpaired) electrons. The Morgan fingerprint density at radius 1 is 1.25 bits per heavy atom. The first kappa shape index (κ1) is 13.9. The van der Waals surface area contributed by atoms with Crippen molar-refractivity contribution >= 4 is 40.4 Å². The lowest BCUT2D eigenvalue weighted by atomic mass is 10.3. The summed E-state index contributed by atoms with van der Waals surface area (Å²) in [6.45, 7) is 0. The number of carbonyl (C=O) groups is 2. The largest absolute Gasteiger partial charge is 0.465 e. The van der Waals surface area contributed by atoms with Gasteiger partial charge in [0.15, 0.2) is 0 Å². The second kappa shape index (κ2) is 6.07. The van der Waals surface area contributed by atoms with Crippen LogP contribution in [-0.4, -0.2) is 19.1 Å². The van der Waals surface area contributed by atoms with Crippen LogP contribution >= 0.6 is 11.3 Å². The zero-order valence-corrected chi connectivity index (χ0v) is 11.5. The number of esters is 1. The number of carbonyl (C=O) groups excluding carboxylic acids is 2. The third kappa shape index (κ3) is 3.27. The Balaban J connectivity index is 2.05. The van der Waals surface area contributed by atoms with Crippen molar-refractivity contribution in [3.63, 3.8) is 0 Å². The lowest BCUT2D eigenvalue weighted by Gasteiger charge is -2.08. The molecule has 20 heavy (non-hydrogen) atoms. The lowest BCUT2D eigenvalue weighted by molar-refractivity contribution is 0.0607. The van der Waals surface area contributed by atoms with E-state index < -0.39 is 12.0 Å². The molecule has 0 atom stereocenters. The van der Waals surface area contributed by atoms with E-state index in [1.165, 1.54) is 18.4 Å². The van der Waals surface area contributed by atoms with Gasteiger partial charge in [0.1, 0.15) is 4.88 Å². The highest BCUT2D eigenvalue weighted by molar-refractivity contribution is 7.12. The SMILES string of the molecule is COC(=O)c1sccc1NC(=O)Nc1cccc(N)c1. The number of hydrogen-bond donors (Lipinski definition) is 3. The van der Waals surface area contributed by atoms with Crippen molar-refractivity contribution in [1.29, 1.82) is 0 Å². The van der Waals surface area contributed by atoms with Gasteiger partial charge in [-0.15, -0.1) is 11.3 Å². The fourth-order valence-corrected chi connectivity index (χ4v) is 2.33. The highest BCUT2D eigenvalue weighted by atomic mass is 32.1. The van der Waals surface area contributed by atoms with E-state index in [4.69, 9.17) is 5.73 Å². The zero-order valence-electron chi connectivity index (χ0n) is 10.7. The average molecular weight is 291 g/mol. The molecule has 4 N–H and O–H groups in total. The summed E-state index contributed by atoms with van der Waals surface area (Å²) in [5.41, 5.74) is 7.14. The number of urea groups is 1. The molecule has 0 aliphatic heterocycles. The Labute approximate surface area is 119 Å². The predicted octanol–water partition coefficient (Wildman–Crippen LogP) is 2.76. The molecule has 1 aromatic heterocycles. The normalized spacial score (nSPS) is 9.85. The number of nitrogens with two attached hydrogens (primary N) is 1. The number of thiophene rings is 1. The molecule has 104 valence electrons. The van der Waals surface area contributed by atoms with Gasteiger partial charge in [-0.2, -0.15) is 0 Å². The summed E-state index contributed by atoms with van der Waals surface area (Å²) in [6.07, 6.45) is 0. The van der Waals surface area contributed by atoms with Gasteiger partial charge in [0, 0.05) is 11.4 Å². The molecule has 0 unspecified atom stereocenters. The van der Waals surface area contributed by atoms with Gasteiger partial charge in [-0.3, -0.25) is 0 Å². The number of rotatable bonds is 3. The highest BCUT2D eigenvalue weighted by Gasteiger charge is 2.15. The van der Waals surface area contributed by atoms with Crippen LogP contribution in [-0.2, 0) is 4.74 Å². The number of amides is 2. The maximum absolute atomic E-state index is 11.8. The first-order valence-electron chi connectivity index (χ1n) is 5.69. The summed E-state index contributed by atoms with van der Waals surface area (Å²) >= 11 is 1.20. The van der Waals surface area contributed by atoms with Crippen molar-refractivity contribution in [2.75, 3.05) is 23.5 Å². The molecular formula is C13H13N3O3S. The number of nitrogen functional groups attached to an aromatic ring is 1.